The Bertz CT molecular complexity index is 1430. The molecule has 40 heavy (non-hydrogen) atoms. The molecule has 0 unspecified atom stereocenters. The third-order valence-electron chi connectivity index (χ3n) is 6.31. The molecule has 1 atom stereocenters. The van der Waals surface area contributed by atoms with E-state index < -0.39 is 34.3 Å². The highest BCUT2D eigenvalue weighted by atomic mass is 35.5. The van der Waals surface area contributed by atoms with Crippen molar-refractivity contribution in [2.45, 2.75) is 44.7 Å². The van der Waals surface area contributed by atoms with Crippen LogP contribution in [-0.2, 0) is 26.2 Å². The monoisotopic (exact) mass is 589 g/mol. The van der Waals surface area contributed by atoms with Crippen LogP contribution in [0.4, 0.5) is 10.1 Å². The van der Waals surface area contributed by atoms with Crippen molar-refractivity contribution in [1.82, 2.24) is 10.2 Å². The van der Waals surface area contributed by atoms with Gasteiger partial charge in [0.15, 0.2) is 0 Å². The van der Waals surface area contributed by atoms with Crippen molar-refractivity contribution in [3.05, 3.63) is 88.7 Å². The van der Waals surface area contributed by atoms with Crippen LogP contribution in [0.25, 0.3) is 0 Å². The molecular formula is C29H33ClFN3O5S. The molecule has 1 N–H and O–H groups in total. The number of anilines is 1. The summed E-state index contributed by atoms with van der Waals surface area (Å²) in [5, 5.41) is 2.90. The zero-order valence-electron chi connectivity index (χ0n) is 22.9. The average Bonchev–Trinajstić information content (AvgIpc) is 2.92. The molecule has 0 fully saturated rings. The Kier molecular flexibility index (Phi) is 10.5. The summed E-state index contributed by atoms with van der Waals surface area (Å²) in [6.07, 6.45) is 0.276. The number of carbonyl (C=O) groups is 2. The normalized spacial score (nSPS) is 11.9. The number of benzene rings is 3. The number of nitrogens with zero attached hydrogens (tertiary/aromatic N) is 2. The number of sulfonamides is 1. The van der Waals surface area contributed by atoms with Crippen LogP contribution >= 0.6 is 11.6 Å². The highest BCUT2D eigenvalue weighted by molar-refractivity contribution is 7.92. The number of halogens is 2. The first-order valence-electron chi connectivity index (χ1n) is 12.8. The van der Waals surface area contributed by atoms with Gasteiger partial charge in [0.25, 0.3) is 10.0 Å². The van der Waals surface area contributed by atoms with E-state index in [2.05, 4.69) is 5.32 Å². The lowest BCUT2D eigenvalue weighted by molar-refractivity contribution is -0.140. The Balaban J connectivity index is 2.09. The number of aryl methyl sites for hydroxylation is 1. The zero-order chi connectivity index (χ0) is 29.4. The van der Waals surface area contributed by atoms with Gasteiger partial charge < -0.3 is 15.0 Å². The lowest BCUT2D eigenvalue weighted by Crippen LogP contribution is -2.52. The number of carbonyl (C=O) groups excluding carboxylic acids is 2. The Hall–Kier alpha value is -3.63. The van der Waals surface area contributed by atoms with E-state index in [-0.39, 0.29) is 34.5 Å². The molecule has 0 aliphatic heterocycles. The van der Waals surface area contributed by atoms with Crippen molar-refractivity contribution >= 4 is 39.1 Å². The van der Waals surface area contributed by atoms with Gasteiger partial charge in [-0.15, -0.1) is 0 Å². The van der Waals surface area contributed by atoms with E-state index >= 15 is 0 Å². The zero-order valence-corrected chi connectivity index (χ0v) is 24.4. The van der Waals surface area contributed by atoms with Crippen molar-refractivity contribution in [2.75, 3.05) is 24.5 Å². The molecule has 0 saturated carbocycles. The van der Waals surface area contributed by atoms with Crippen molar-refractivity contribution in [1.29, 1.82) is 0 Å². The first kappa shape index (κ1) is 30.9. The standard InChI is InChI=1S/C29H33ClFN3O5S/c1-5-26(29(36)32-6-2)33(18-21-9-11-22(31)12-10-21)28(35)19-34(23-13-16-27(39-4)25(30)17-23)40(37,38)24-14-7-20(3)8-15-24/h7-17,26H,5-6,18-19H2,1-4H3,(H,32,36)/t26-/m0/s1. The second-order valence-electron chi connectivity index (χ2n) is 9.11. The van der Waals surface area contributed by atoms with Crippen molar-refractivity contribution in [3.63, 3.8) is 0 Å². The van der Waals surface area contributed by atoms with Crippen LogP contribution < -0.4 is 14.4 Å². The predicted octanol–water partition coefficient (Wildman–Crippen LogP) is 4.93. The molecule has 0 aliphatic rings. The van der Waals surface area contributed by atoms with Crippen LogP contribution in [0, 0.1) is 12.7 Å². The number of amides is 2. The Morgan fingerprint density at radius 3 is 2.23 bits per heavy atom. The van der Waals surface area contributed by atoms with E-state index in [9.17, 15) is 22.4 Å². The minimum Gasteiger partial charge on any atom is -0.495 e. The highest BCUT2D eigenvalue weighted by Gasteiger charge is 2.33. The quantitative estimate of drug-likeness (QED) is 0.323. The topological polar surface area (TPSA) is 96.0 Å². The van der Waals surface area contributed by atoms with E-state index in [1.165, 1.54) is 66.6 Å². The minimum absolute atomic E-state index is 0.0151. The van der Waals surface area contributed by atoms with Gasteiger partial charge in [0.1, 0.15) is 24.2 Å². The van der Waals surface area contributed by atoms with Gasteiger partial charge in [-0.1, -0.05) is 48.4 Å². The third kappa shape index (κ3) is 7.31. The van der Waals surface area contributed by atoms with E-state index in [0.717, 1.165) is 9.87 Å². The summed E-state index contributed by atoms with van der Waals surface area (Å²) in [6.45, 7) is 5.06. The van der Waals surface area contributed by atoms with Crippen LogP contribution in [0.5, 0.6) is 5.75 Å². The summed E-state index contributed by atoms with van der Waals surface area (Å²) in [6, 6.07) is 15.3. The summed E-state index contributed by atoms with van der Waals surface area (Å²) in [7, 11) is -2.81. The number of hydrogen-bond donors (Lipinski definition) is 1. The molecule has 0 aromatic heterocycles. The van der Waals surface area contributed by atoms with Gasteiger partial charge in [-0.2, -0.15) is 0 Å². The molecule has 0 aliphatic carbocycles. The largest absolute Gasteiger partial charge is 0.495 e. The molecule has 3 aromatic carbocycles. The first-order chi connectivity index (χ1) is 19.0. The van der Waals surface area contributed by atoms with Crippen LogP contribution in [0.3, 0.4) is 0 Å². The number of rotatable bonds is 12. The summed E-state index contributed by atoms with van der Waals surface area (Å²) in [5.74, 6) is -1.10. The number of methoxy groups -OCH3 is 1. The van der Waals surface area contributed by atoms with Crippen LogP contribution in [-0.4, -0.2) is 51.4 Å². The molecule has 2 amide bonds. The van der Waals surface area contributed by atoms with E-state index in [0.29, 0.717) is 17.9 Å². The smallest absolute Gasteiger partial charge is 0.264 e. The maximum Gasteiger partial charge on any atom is 0.264 e. The molecule has 214 valence electrons. The molecule has 0 radical (unpaired) electrons. The third-order valence-corrected chi connectivity index (χ3v) is 8.40. The number of ether oxygens (including phenoxy) is 1. The fourth-order valence-electron chi connectivity index (χ4n) is 4.17. The lowest BCUT2D eigenvalue weighted by Gasteiger charge is -2.33. The molecule has 0 bridgehead atoms. The molecule has 3 aromatic rings. The molecule has 8 nitrogen and oxygen atoms in total. The Labute approximate surface area is 239 Å². The van der Waals surface area contributed by atoms with E-state index in [1.54, 1.807) is 26.0 Å². The van der Waals surface area contributed by atoms with Gasteiger partial charge in [-0.3, -0.25) is 13.9 Å². The Morgan fingerprint density at radius 1 is 1.02 bits per heavy atom. The second kappa shape index (κ2) is 13.6. The first-order valence-corrected chi connectivity index (χ1v) is 14.6. The second-order valence-corrected chi connectivity index (χ2v) is 11.4. The molecule has 0 heterocycles. The fraction of sp³-hybridized carbons (Fsp3) is 0.310. The molecule has 3 rings (SSSR count). The van der Waals surface area contributed by atoms with Gasteiger partial charge >= 0.3 is 0 Å². The van der Waals surface area contributed by atoms with Crippen molar-refractivity contribution in [2.24, 2.45) is 0 Å². The molecule has 0 saturated heterocycles. The lowest BCUT2D eigenvalue weighted by atomic mass is 10.1. The number of likely N-dealkylation sites (N-methyl/N-ethyl adjacent to an activating group) is 1. The summed E-state index contributed by atoms with van der Waals surface area (Å²) < 4.78 is 47.5. The minimum atomic E-state index is -4.24. The maximum atomic E-state index is 14.0. The van der Waals surface area contributed by atoms with Gasteiger partial charge in [0.2, 0.25) is 11.8 Å². The SMILES string of the molecule is CCNC(=O)[C@H](CC)N(Cc1ccc(F)cc1)C(=O)CN(c1ccc(OC)c(Cl)c1)S(=O)(=O)c1ccc(C)cc1. The van der Waals surface area contributed by atoms with Crippen LogP contribution in [0.1, 0.15) is 31.4 Å². The molecular weight excluding hydrogens is 557 g/mol. The van der Waals surface area contributed by atoms with Gasteiger partial charge in [0.05, 0.1) is 22.7 Å². The molecule has 0 spiro atoms. The summed E-state index contributed by atoms with van der Waals surface area (Å²) in [4.78, 5) is 28.2. The van der Waals surface area contributed by atoms with Gasteiger partial charge in [-0.05, 0) is 68.3 Å². The Morgan fingerprint density at radius 2 is 1.68 bits per heavy atom. The summed E-state index contributed by atoms with van der Waals surface area (Å²) in [5.41, 5.74) is 1.60. The number of hydrogen-bond acceptors (Lipinski definition) is 5. The predicted molar refractivity (Wildman–Crippen MR) is 153 cm³/mol. The number of nitrogens with one attached hydrogen (secondary N) is 1. The van der Waals surface area contributed by atoms with E-state index in [4.69, 9.17) is 16.3 Å². The highest BCUT2D eigenvalue weighted by Crippen LogP contribution is 2.32. The van der Waals surface area contributed by atoms with Crippen molar-refractivity contribution in [3.8, 4) is 5.75 Å². The van der Waals surface area contributed by atoms with Gasteiger partial charge in [-0.25, -0.2) is 12.8 Å². The summed E-state index contributed by atoms with van der Waals surface area (Å²) >= 11 is 6.33. The van der Waals surface area contributed by atoms with Crippen LogP contribution in [0.15, 0.2) is 71.6 Å². The average molecular weight is 590 g/mol. The van der Waals surface area contributed by atoms with Crippen molar-refractivity contribution < 1.29 is 27.1 Å². The van der Waals surface area contributed by atoms with Crippen LogP contribution in [0.2, 0.25) is 5.02 Å². The maximum absolute atomic E-state index is 14.0. The molecule has 11 heteroatoms. The fourth-order valence-corrected chi connectivity index (χ4v) is 5.83. The van der Waals surface area contributed by atoms with Gasteiger partial charge in [0, 0.05) is 13.1 Å². The van der Waals surface area contributed by atoms with E-state index in [1.807, 2.05) is 6.92 Å².